The van der Waals surface area contributed by atoms with Crippen molar-refractivity contribution in [3.63, 3.8) is 0 Å². The molecule has 0 aliphatic carbocycles. The van der Waals surface area contributed by atoms with E-state index in [4.69, 9.17) is 16.3 Å². The predicted octanol–water partition coefficient (Wildman–Crippen LogP) is 4.34. The average molecular weight is 377 g/mol. The first kappa shape index (κ1) is 18.7. The van der Waals surface area contributed by atoms with Crippen LogP contribution in [0, 0.1) is 11.7 Å². The van der Waals surface area contributed by atoms with Gasteiger partial charge in [-0.3, -0.25) is 9.69 Å². The third-order valence-corrected chi connectivity index (χ3v) is 4.88. The van der Waals surface area contributed by atoms with Crippen LogP contribution in [0.3, 0.4) is 0 Å². The Balaban J connectivity index is 1.65. The fourth-order valence-electron chi connectivity index (χ4n) is 3.29. The second-order valence-corrected chi connectivity index (χ2v) is 6.94. The lowest BCUT2D eigenvalue weighted by Gasteiger charge is -2.32. The first-order valence-electron chi connectivity index (χ1n) is 8.67. The number of ether oxygens (including phenoxy) is 1. The number of nitrogens with one attached hydrogen (secondary N) is 1. The van der Waals surface area contributed by atoms with Gasteiger partial charge < -0.3 is 10.1 Å². The number of hydrogen-bond acceptors (Lipinski definition) is 3. The lowest BCUT2D eigenvalue weighted by molar-refractivity contribution is -0.121. The Morgan fingerprint density at radius 1 is 1.35 bits per heavy atom. The molecule has 1 aliphatic heterocycles. The lowest BCUT2D eigenvalue weighted by Crippen LogP contribution is -2.40. The summed E-state index contributed by atoms with van der Waals surface area (Å²) in [5.74, 6) is 0.146. The highest BCUT2D eigenvalue weighted by Crippen LogP contribution is 2.29. The van der Waals surface area contributed by atoms with E-state index in [1.54, 1.807) is 37.4 Å². The molecular formula is C20H22ClFN2O2. The summed E-state index contributed by atoms with van der Waals surface area (Å²) in [6.07, 6.45) is 1.71. The van der Waals surface area contributed by atoms with Crippen LogP contribution in [-0.2, 0) is 11.3 Å². The zero-order valence-corrected chi connectivity index (χ0v) is 15.4. The van der Waals surface area contributed by atoms with E-state index < -0.39 is 0 Å². The summed E-state index contributed by atoms with van der Waals surface area (Å²) in [6, 6.07) is 11.9. The van der Waals surface area contributed by atoms with E-state index in [1.807, 2.05) is 6.07 Å². The van der Waals surface area contributed by atoms with Crippen molar-refractivity contribution < 1.29 is 13.9 Å². The minimum atomic E-state index is -0.206. The summed E-state index contributed by atoms with van der Waals surface area (Å²) in [7, 11) is 1.55. The molecule has 1 unspecified atom stereocenters. The van der Waals surface area contributed by atoms with Crippen LogP contribution in [0.5, 0.6) is 5.75 Å². The second-order valence-electron chi connectivity index (χ2n) is 6.50. The minimum Gasteiger partial charge on any atom is -0.495 e. The largest absolute Gasteiger partial charge is 0.495 e. The third-order valence-electron chi connectivity index (χ3n) is 4.65. The van der Waals surface area contributed by atoms with Crippen molar-refractivity contribution in [2.75, 3.05) is 25.5 Å². The van der Waals surface area contributed by atoms with Gasteiger partial charge in [0, 0.05) is 23.7 Å². The van der Waals surface area contributed by atoms with E-state index in [9.17, 15) is 9.18 Å². The maximum atomic E-state index is 13.9. The molecule has 1 N–H and O–H groups in total. The predicted molar refractivity (Wildman–Crippen MR) is 101 cm³/mol. The van der Waals surface area contributed by atoms with Crippen LogP contribution in [0.15, 0.2) is 42.5 Å². The van der Waals surface area contributed by atoms with Gasteiger partial charge in [0.2, 0.25) is 5.91 Å². The summed E-state index contributed by atoms with van der Waals surface area (Å²) in [4.78, 5) is 14.8. The van der Waals surface area contributed by atoms with Crippen LogP contribution in [-0.4, -0.2) is 31.0 Å². The third kappa shape index (κ3) is 4.54. The van der Waals surface area contributed by atoms with E-state index in [0.29, 0.717) is 35.1 Å². The van der Waals surface area contributed by atoms with Crippen LogP contribution in [0.25, 0.3) is 0 Å². The number of nitrogens with zero attached hydrogens (tertiary/aromatic N) is 1. The van der Waals surface area contributed by atoms with E-state index in [0.717, 1.165) is 19.4 Å². The standard InChI is InChI=1S/C20H22ClFN2O2/c1-26-19-9-8-16(21)11-18(19)23-20(25)15-6-4-10-24(13-15)12-14-5-2-3-7-17(14)22/h2-3,5,7-9,11,15H,4,6,10,12-13H2,1H3,(H,23,25). The fourth-order valence-corrected chi connectivity index (χ4v) is 3.47. The number of halogens is 2. The molecule has 26 heavy (non-hydrogen) atoms. The fraction of sp³-hybridized carbons (Fsp3) is 0.350. The van der Waals surface area contributed by atoms with Crippen molar-refractivity contribution in [2.45, 2.75) is 19.4 Å². The summed E-state index contributed by atoms with van der Waals surface area (Å²) >= 11 is 6.02. The van der Waals surface area contributed by atoms with Crippen LogP contribution < -0.4 is 10.1 Å². The number of hydrogen-bond donors (Lipinski definition) is 1. The molecule has 0 spiro atoms. The molecule has 2 aromatic rings. The van der Waals surface area contributed by atoms with E-state index in [1.165, 1.54) is 6.07 Å². The van der Waals surface area contributed by atoms with E-state index in [2.05, 4.69) is 10.2 Å². The van der Waals surface area contributed by atoms with Gasteiger partial charge in [-0.2, -0.15) is 0 Å². The quantitative estimate of drug-likeness (QED) is 0.844. The van der Waals surface area contributed by atoms with Gasteiger partial charge in [-0.1, -0.05) is 29.8 Å². The summed E-state index contributed by atoms with van der Waals surface area (Å²) in [5, 5.41) is 3.45. The monoisotopic (exact) mass is 376 g/mol. The van der Waals surface area contributed by atoms with Gasteiger partial charge in [0.15, 0.2) is 0 Å². The Kier molecular flexibility index (Phi) is 6.12. The Labute approximate surface area is 157 Å². The molecule has 1 aliphatic rings. The van der Waals surface area contributed by atoms with Gasteiger partial charge in [-0.05, 0) is 43.7 Å². The lowest BCUT2D eigenvalue weighted by atomic mass is 9.96. The van der Waals surface area contributed by atoms with Crippen LogP contribution >= 0.6 is 11.6 Å². The van der Waals surface area contributed by atoms with E-state index in [-0.39, 0.29) is 17.6 Å². The van der Waals surface area contributed by atoms with Crippen LogP contribution in [0.2, 0.25) is 5.02 Å². The van der Waals surface area contributed by atoms with Crippen molar-refractivity contribution in [3.8, 4) is 5.75 Å². The average Bonchev–Trinajstić information content (AvgIpc) is 2.64. The van der Waals surface area contributed by atoms with E-state index >= 15 is 0 Å². The molecule has 0 radical (unpaired) electrons. The van der Waals surface area contributed by atoms with Gasteiger partial charge in [0.05, 0.1) is 18.7 Å². The van der Waals surface area contributed by atoms with Crippen molar-refractivity contribution in [3.05, 3.63) is 58.9 Å². The summed E-state index contributed by atoms with van der Waals surface area (Å²) in [6.45, 7) is 1.97. The number of rotatable bonds is 5. The van der Waals surface area contributed by atoms with Crippen molar-refractivity contribution in [2.24, 2.45) is 5.92 Å². The topological polar surface area (TPSA) is 41.6 Å². The molecule has 1 atom stereocenters. The molecule has 1 heterocycles. The molecule has 1 saturated heterocycles. The number of amides is 1. The second kappa shape index (κ2) is 8.52. The van der Waals surface area contributed by atoms with Crippen molar-refractivity contribution in [1.82, 2.24) is 4.90 Å². The SMILES string of the molecule is COc1ccc(Cl)cc1NC(=O)C1CCCN(Cc2ccccc2F)C1. The van der Waals surface area contributed by atoms with Gasteiger partial charge in [-0.15, -0.1) is 0 Å². The molecule has 0 bridgehead atoms. The highest BCUT2D eigenvalue weighted by molar-refractivity contribution is 6.31. The number of methoxy groups -OCH3 is 1. The number of carbonyl (C=O) groups is 1. The van der Waals surface area contributed by atoms with Crippen molar-refractivity contribution >= 4 is 23.2 Å². The first-order valence-corrected chi connectivity index (χ1v) is 9.05. The number of anilines is 1. The highest BCUT2D eigenvalue weighted by atomic mass is 35.5. The minimum absolute atomic E-state index is 0.0659. The maximum absolute atomic E-state index is 13.9. The first-order chi connectivity index (χ1) is 12.6. The van der Waals surface area contributed by atoms with Crippen LogP contribution in [0.4, 0.5) is 10.1 Å². The molecule has 1 fully saturated rings. The molecule has 138 valence electrons. The molecule has 1 amide bonds. The molecule has 3 rings (SSSR count). The number of piperidine rings is 1. The summed E-state index contributed by atoms with van der Waals surface area (Å²) in [5.41, 5.74) is 1.22. The Morgan fingerprint density at radius 3 is 2.92 bits per heavy atom. The Morgan fingerprint density at radius 2 is 2.15 bits per heavy atom. The zero-order valence-electron chi connectivity index (χ0n) is 14.7. The van der Waals surface area contributed by atoms with Gasteiger partial charge in [0.25, 0.3) is 0 Å². The normalized spacial score (nSPS) is 17.7. The molecule has 2 aromatic carbocycles. The molecule has 0 saturated carbocycles. The number of benzene rings is 2. The van der Waals surface area contributed by atoms with Crippen LogP contribution in [0.1, 0.15) is 18.4 Å². The van der Waals surface area contributed by atoms with Gasteiger partial charge >= 0.3 is 0 Å². The highest BCUT2D eigenvalue weighted by Gasteiger charge is 2.26. The molecule has 4 nitrogen and oxygen atoms in total. The zero-order chi connectivity index (χ0) is 18.5. The van der Waals surface area contributed by atoms with Gasteiger partial charge in [-0.25, -0.2) is 4.39 Å². The number of carbonyl (C=O) groups excluding carboxylic acids is 1. The van der Waals surface area contributed by atoms with Gasteiger partial charge in [0.1, 0.15) is 11.6 Å². The Hall–Kier alpha value is -2.11. The smallest absolute Gasteiger partial charge is 0.228 e. The Bertz CT molecular complexity index is 784. The molecule has 6 heteroatoms. The maximum Gasteiger partial charge on any atom is 0.228 e. The number of likely N-dealkylation sites (tertiary alicyclic amines) is 1. The molecule has 0 aromatic heterocycles. The van der Waals surface area contributed by atoms with Crippen molar-refractivity contribution in [1.29, 1.82) is 0 Å². The molecular weight excluding hydrogens is 355 g/mol. The summed E-state index contributed by atoms with van der Waals surface area (Å²) < 4.78 is 19.2.